The van der Waals surface area contributed by atoms with E-state index in [0.29, 0.717) is 11.1 Å². The highest BCUT2D eigenvalue weighted by Crippen LogP contribution is 2.52. The highest BCUT2D eigenvalue weighted by molar-refractivity contribution is 6.24. The zero-order valence-electron chi connectivity index (χ0n) is 21.2. The molecule has 1 amide bonds. The largest absolute Gasteiger partial charge is 0.508 e. The molecule has 0 heterocycles. The van der Waals surface area contributed by atoms with Crippen LogP contribution in [0.2, 0.25) is 0 Å². The Balaban J connectivity index is 1.89. The van der Waals surface area contributed by atoms with Crippen LogP contribution in [0, 0.1) is 11.8 Å². The third kappa shape index (κ3) is 3.94. The Morgan fingerprint density at radius 2 is 1.81 bits per heavy atom. The van der Waals surface area contributed by atoms with Crippen molar-refractivity contribution in [1.82, 2.24) is 4.90 Å². The van der Waals surface area contributed by atoms with Gasteiger partial charge in [0.05, 0.1) is 25.7 Å². The molecule has 0 radical (unpaired) electrons. The molecule has 1 fully saturated rings. The summed E-state index contributed by atoms with van der Waals surface area (Å²) in [6.45, 7) is 0.278. The number of rotatable bonds is 6. The van der Waals surface area contributed by atoms with Crippen LogP contribution in [0.25, 0.3) is 5.76 Å². The lowest BCUT2D eigenvalue weighted by Crippen LogP contribution is -3.06. The van der Waals surface area contributed by atoms with Crippen LogP contribution >= 0.6 is 0 Å². The van der Waals surface area contributed by atoms with E-state index in [-0.39, 0.29) is 48.5 Å². The maximum Gasteiger partial charge on any atom is 0.255 e. The standard InChI is InChI=1S/C26H31N3O8/c1-28(2)10-13(30)7-11-5-6-16(31)18-14(11)8-12-9-15-20(29(3)4)22(33)19(25(27)36)24(35)26(15,37)23(34)17(12)21(18)32/h5-6,12,15,20,31-32,35,37H,7-10H2,1-4H3,(H2,27,36)/p+1. The van der Waals surface area contributed by atoms with E-state index >= 15 is 0 Å². The minimum absolute atomic E-state index is 0.00332. The summed E-state index contributed by atoms with van der Waals surface area (Å²) in [6.07, 6.45) is 0.214. The molecule has 0 bridgehead atoms. The summed E-state index contributed by atoms with van der Waals surface area (Å²) in [5, 5.41) is 44.3. The quantitative estimate of drug-likeness (QED) is 0.239. The highest BCUT2D eigenvalue weighted by atomic mass is 16.3. The predicted octanol–water partition coefficient (Wildman–Crippen LogP) is -1.78. The SMILES string of the molecule is CN(C)C1C(=O)C(C(N)=O)=C(O)C2(O)C(=O)C3=C(O)c4c(O)ccc(CC(=O)C[NH+](C)C)c4CC3CC12. The number of Topliss-reactive ketones (excluding diaryl/α,β-unsaturated/α-hetero) is 3. The van der Waals surface area contributed by atoms with Gasteiger partial charge in [-0.3, -0.25) is 24.1 Å². The van der Waals surface area contributed by atoms with Crippen LogP contribution in [0.15, 0.2) is 29.0 Å². The second-order valence-corrected chi connectivity index (χ2v) is 10.7. The minimum Gasteiger partial charge on any atom is -0.508 e. The number of hydrogen-bond donors (Lipinski definition) is 6. The van der Waals surface area contributed by atoms with Gasteiger partial charge in [-0.15, -0.1) is 0 Å². The van der Waals surface area contributed by atoms with E-state index in [2.05, 4.69) is 0 Å². The van der Waals surface area contributed by atoms with Gasteiger partial charge in [0.25, 0.3) is 5.91 Å². The number of hydrogen-bond acceptors (Lipinski definition) is 9. The van der Waals surface area contributed by atoms with Gasteiger partial charge in [-0.25, -0.2) is 0 Å². The molecule has 1 aromatic carbocycles. The Hall–Kier alpha value is -3.54. The molecule has 3 aliphatic carbocycles. The van der Waals surface area contributed by atoms with E-state index < -0.39 is 58.0 Å². The molecule has 4 rings (SSSR count). The first-order valence-corrected chi connectivity index (χ1v) is 12.0. The summed E-state index contributed by atoms with van der Waals surface area (Å²) in [6, 6.07) is 1.79. The monoisotopic (exact) mass is 514 g/mol. The molecule has 0 aromatic heterocycles. The number of carbonyl (C=O) groups is 4. The third-order valence-electron chi connectivity index (χ3n) is 7.64. The number of benzene rings is 1. The number of carbonyl (C=O) groups excluding carboxylic acids is 4. The molecule has 0 spiro atoms. The molecule has 0 aliphatic heterocycles. The Kier molecular flexibility index (Phi) is 6.51. The Morgan fingerprint density at radius 1 is 1.16 bits per heavy atom. The maximum absolute atomic E-state index is 13.8. The van der Waals surface area contributed by atoms with Gasteiger partial charge in [-0.2, -0.15) is 0 Å². The van der Waals surface area contributed by atoms with Crippen molar-refractivity contribution in [2.45, 2.75) is 30.9 Å². The Morgan fingerprint density at radius 3 is 2.38 bits per heavy atom. The molecule has 37 heavy (non-hydrogen) atoms. The van der Waals surface area contributed by atoms with Crippen LogP contribution < -0.4 is 10.6 Å². The van der Waals surface area contributed by atoms with Crippen LogP contribution in [-0.4, -0.2) is 95.0 Å². The van der Waals surface area contributed by atoms with E-state index in [1.807, 2.05) is 14.1 Å². The van der Waals surface area contributed by atoms with E-state index in [4.69, 9.17) is 5.73 Å². The van der Waals surface area contributed by atoms with Crippen molar-refractivity contribution in [2.75, 3.05) is 34.7 Å². The summed E-state index contributed by atoms with van der Waals surface area (Å²) in [5.41, 5.74) is 2.66. The maximum atomic E-state index is 13.8. The number of quaternary nitrogens is 1. The van der Waals surface area contributed by atoms with Crippen LogP contribution in [0.4, 0.5) is 0 Å². The van der Waals surface area contributed by atoms with Crippen LogP contribution in [0.5, 0.6) is 5.75 Å². The molecule has 7 N–H and O–H groups in total. The summed E-state index contributed by atoms with van der Waals surface area (Å²) < 4.78 is 0. The van der Waals surface area contributed by atoms with Crippen molar-refractivity contribution in [3.05, 3.63) is 45.7 Å². The van der Waals surface area contributed by atoms with Gasteiger partial charge in [0.2, 0.25) is 5.78 Å². The van der Waals surface area contributed by atoms with E-state index in [1.54, 1.807) is 20.2 Å². The van der Waals surface area contributed by atoms with Gasteiger partial charge in [0.15, 0.2) is 17.2 Å². The molecular weight excluding hydrogens is 482 g/mol. The van der Waals surface area contributed by atoms with Crippen molar-refractivity contribution < 1.29 is 44.5 Å². The lowest BCUT2D eigenvalue weighted by Gasteiger charge is -2.50. The van der Waals surface area contributed by atoms with Gasteiger partial charge in [-0.1, -0.05) is 6.07 Å². The molecule has 0 saturated heterocycles. The number of nitrogens with one attached hydrogen (secondary N) is 1. The van der Waals surface area contributed by atoms with Crippen molar-refractivity contribution in [3.63, 3.8) is 0 Å². The van der Waals surface area contributed by atoms with E-state index in [9.17, 15) is 39.6 Å². The van der Waals surface area contributed by atoms with Gasteiger partial charge in [0.1, 0.15) is 29.4 Å². The summed E-state index contributed by atoms with van der Waals surface area (Å²) in [7, 11) is 6.78. The lowest BCUT2D eigenvalue weighted by molar-refractivity contribution is -0.849. The molecule has 11 heteroatoms. The lowest BCUT2D eigenvalue weighted by atomic mass is 9.57. The zero-order valence-corrected chi connectivity index (χ0v) is 21.2. The number of aromatic hydroxyl groups is 1. The number of phenols is 1. The topological polar surface area (TPSA) is 183 Å². The molecule has 1 saturated carbocycles. The van der Waals surface area contributed by atoms with Gasteiger partial charge < -0.3 is 31.1 Å². The zero-order chi connectivity index (χ0) is 27.6. The van der Waals surface area contributed by atoms with E-state index in [0.717, 1.165) is 4.90 Å². The van der Waals surface area contributed by atoms with Gasteiger partial charge in [0, 0.05) is 17.9 Å². The fraction of sp³-hybridized carbons (Fsp3) is 0.462. The molecule has 1 aromatic rings. The number of amides is 1. The van der Waals surface area contributed by atoms with E-state index in [1.165, 1.54) is 11.0 Å². The van der Waals surface area contributed by atoms with Crippen molar-refractivity contribution >= 4 is 29.0 Å². The fourth-order valence-corrected chi connectivity index (χ4v) is 6.14. The van der Waals surface area contributed by atoms with Crippen LogP contribution in [-0.2, 0) is 32.0 Å². The van der Waals surface area contributed by atoms with Crippen LogP contribution in [0.1, 0.15) is 23.1 Å². The smallest absolute Gasteiger partial charge is 0.255 e. The highest BCUT2D eigenvalue weighted by Gasteiger charge is 2.64. The van der Waals surface area contributed by atoms with Gasteiger partial charge in [-0.05, 0) is 50.0 Å². The number of nitrogens with zero attached hydrogens (tertiary/aromatic N) is 1. The number of nitrogens with two attached hydrogens (primary N) is 1. The third-order valence-corrected chi connectivity index (χ3v) is 7.64. The average Bonchev–Trinajstić information content (AvgIpc) is 2.77. The first-order chi connectivity index (χ1) is 17.2. The number of likely N-dealkylation sites (N-methyl/N-ethyl adjacent to an activating group) is 2. The number of ketones is 3. The Labute approximate surface area is 213 Å². The number of fused-ring (bicyclic) bond motifs is 3. The van der Waals surface area contributed by atoms with Crippen LogP contribution in [0.3, 0.4) is 0 Å². The second-order valence-electron chi connectivity index (χ2n) is 10.7. The molecular formula is C26H32N3O8+. The number of aliphatic hydroxyl groups is 3. The normalized spacial score (nSPS) is 27.4. The minimum atomic E-state index is -2.68. The summed E-state index contributed by atoms with van der Waals surface area (Å²) >= 11 is 0. The van der Waals surface area contributed by atoms with Crippen molar-refractivity contribution in [2.24, 2.45) is 17.6 Å². The molecule has 4 unspecified atom stereocenters. The van der Waals surface area contributed by atoms with Crippen molar-refractivity contribution in [3.8, 4) is 5.75 Å². The molecule has 3 aliphatic rings. The first kappa shape index (κ1) is 26.5. The molecule has 11 nitrogen and oxygen atoms in total. The molecule has 198 valence electrons. The average molecular weight is 515 g/mol. The molecule has 4 atom stereocenters. The first-order valence-electron chi connectivity index (χ1n) is 12.0. The summed E-state index contributed by atoms with van der Waals surface area (Å²) in [5.74, 6) is -7.03. The van der Waals surface area contributed by atoms with Gasteiger partial charge >= 0.3 is 0 Å². The summed E-state index contributed by atoms with van der Waals surface area (Å²) in [4.78, 5) is 53.9. The predicted molar refractivity (Wildman–Crippen MR) is 131 cm³/mol. The van der Waals surface area contributed by atoms with Crippen molar-refractivity contribution in [1.29, 1.82) is 0 Å². The number of primary amides is 1. The Bertz CT molecular complexity index is 1290. The fourth-order valence-electron chi connectivity index (χ4n) is 6.14. The number of phenolic OH excluding ortho intramolecular Hbond substituents is 1. The second kappa shape index (κ2) is 9.09. The number of aliphatic hydroxyl groups excluding tert-OH is 2.